The summed E-state index contributed by atoms with van der Waals surface area (Å²) >= 11 is 1.42. The van der Waals surface area contributed by atoms with Crippen molar-refractivity contribution in [3.05, 3.63) is 48.0 Å². The number of halogens is 5. The molecule has 4 rings (SSSR count). The first-order valence-corrected chi connectivity index (χ1v) is 9.92. The van der Waals surface area contributed by atoms with Gasteiger partial charge in [0, 0.05) is 47.9 Å². The fourth-order valence-electron chi connectivity index (χ4n) is 3.32. The molecule has 0 bridgehead atoms. The minimum absolute atomic E-state index is 0. The van der Waals surface area contributed by atoms with E-state index < -0.39 is 24.7 Å². The smallest absolute Gasteiger partial charge is 0.340 e. The van der Waals surface area contributed by atoms with Gasteiger partial charge in [-0.2, -0.15) is 13.2 Å². The van der Waals surface area contributed by atoms with Crippen LogP contribution in [0.3, 0.4) is 0 Å². The van der Waals surface area contributed by atoms with Crippen molar-refractivity contribution in [1.29, 1.82) is 0 Å². The number of likely N-dealkylation sites (N-methyl/N-ethyl adjacent to an activating group) is 1. The van der Waals surface area contributed by atoms with Gasteiger partial charge in [-0.3, -0.25) is 0 Å². The summed E-state index contributed by atoms with van der Waals surface area (Å²) in [4.78, 5) is 6.35. The first-order valence-electron chi connectivity index (χ1n) is 11.1. The van der Waals surface area contributed by atoms with E-state index in [-0.39, 0.29) is 44.4 Å². The normalized spacial score (nSPS) is 22.2. The van der Waals surface area contributed by atoms with E-state index >= 15 is 0 Å². The van der Waals surface area contributed by atoms with Gasteiger partial charge in [-0.15, -0.1) is 24.8 Å². The van der Waals surface area contributed by atoms with Crippen LogP contribution < -0.4 is 4.90 Å². The van der Waals surface area contributed by atoms with Gasteiger partial charge in [-0.1, -0.05) is 23.9 Å². The zero-order valence-corrected chi connectivity index (χ0v) is 18.7. The Labute approximate surface area is 198 Å². The number of benzene rings is 2. The number of rotatable bonds is 4. The Hall–Kier alpha value is -1.12. The van der Waals surface area contributed by atoms with Gasteiger partial charge < -0.3 is 14.7 Å². The van der Waals surface area contributed by atoms with E-state index in [9.17, 15) is 13.2 Å². The topological polar surface area (TPSA) is 9.72 Å². The second-order valence-corrected chi connectivity index (χ2v) is 7.98. The van der Waals surface area contributed by atoms with Crippen molar-refractivity contribution in [1.82, 2.24) is 9.80 Å². The molecule has 0 amide bonds. The van der Waals surface area contributed by atoms with Gasteiger partial charge in [0.05, 0.1) is 16.9 Å². The number of nitrogens with zero attached hydrogens (tertiary/aromatic N) is 3. The molecule has 2 aliphatic heterocycles. The molecule has 1 fully saturated rings. The van der Waals surface area contributed by atoms with Gasteiger partial charge in [0.15, 0.2) is 0 Å². The van der Waals surface area contributed by atoms with E-state index in [2.05, 4.69) is 0 Å². The summed E-state index contributed by atoms with van der Waals surface area (Å²) in [7, 11) is 1.69. The summed E-state index contributed by atoms with van der Waals surface area (Å²) in [6.45, 7) is -3.01. The molecule has 3 nitrogen and oxygen atoms in total. The fraction of sp³-hybridized carbons (Fsp3) is 0.429. The lowest BCUT2D eigenvalue weighted by Crippen LogP contribution is -2.45. The van der Waals surface area contributed by atoms with Gasteiger partial charge in [-0.25, -0.2) is 0 Å². The minimum Gasteiger partial charge on any atom is -0.340 e. The molecule has 30 heavy (non-hydrogen) atoms. The van der Waals surface area contributed by atoms with E-state index in [0.717, 1.165) is 27.6 Å². The molecule has 2 aromatic carbocycles. The zero-order chi connectivity index (χ0) is 23.3. The van der Waals surface area contributed by atoms with Crippen LogP contribution in [0.25, 0.3) is 0 Å². The summed E-state index contributed by atoms with van der Waals surface area (Å²) in [5.41, 5.74) is 0.551. The highest BCUT2D eigenvalue weighted by Crippen LogP contribution is 2.49. The molecule has 0 radical (unpaired) electrons. The highest BCUT2D eigenvalue weighted by atomic mass is 35.5. The maximum absolute atomic E-state index is 13.4. The zero-order valence-electron chi connectivity index (χ0n) is 20.3. The van der Waals surface area contributed by atoms with Crippen LogP contribution in [0.5, 0.6) is 0 Å². The third-order valence-electron chi connectivity index (χ3n) is 4.78. The Morgan fingerprint density at radius 2 is 1.63 bits per heavy atom. The average molecular weight is 484 g/mol. The molecule has 166 valence electrons. The van der Waals surface area contributed by atoms with Crippen molar-refractivity contribution < 1.29 is 18.7 Å². The molecule has 0 unspecified atom stereocenters. The second kappa shape index (κ2) is 10.5. The van der Waals surface area contributed by atoms with Gasteiger partial charge in [0.25, 0.3) is 0 Å². The summed E-state index contributed by atoms with van der Waals surface area (Å²) in [6.07, 6.45) is -4.06. The SMILES string of the molecule is Cl.Cl.[2H]C1([2H])CN(C)CC([2H])([2H])N1CCCN1c2ccccc2Sc2ccc(C(F)(F)F)cc21. The predicted molar refractivity (Wildman–Crippen MR) is 122 cm³/mol. The van der Waals surface area contributed by atoms with Crippen LogP contribution in [0.15, 0.2) is 52.3 Å². The van der Waals surface area contributed by atoms with Gasteiger partial charge in [0.2, 0.25) is 0 Å². The number of fused-ring (bicyclic) bond motifs is 2. The first-order chi connectivity index (χ1) is 14.9. The van der Waals surface area contributed by atoms with Crippen LogP contribution in [0.1, 0.15) is 17.5 Å². The van der Waals surface area contributed by atoms with Crippen molar-refractivity contribution in [2.75, 3.05) is 51.1 Å². The molecule has 0 spiro atoms. The van der Waals surface area contributed by atoms with E-state index in [1.807, 2.05) is 29.2 Å². The number of hydrogen-bond donors (Lipinski definition) is 0. The maximum Gasteiger partial charge on any atom is 0.416 e. The first kappa shape index (κ1) is 19.6. The maximum atomic E-state index is 13.4. The summed E-state index contributed by atoms with van der Waals surface area (Å²) < 4.78 is 73.2. The van der Waals surface area contributed by atoms with Crippen LogP contribution in [0.2, 0.25) is 0 Å². The molecular weight excluding hydrogens is 454 g/mol. The lowest BCUT2D eigenvalue weighted by molar-refractivity contribution is -0.137. The standard InChI is InChI=1S/C21H24F3N3S.2ClH/c1-25-11-13-26(14-12-25)9-4-10-27-17-5-2-3-6-19(17)28-20-8-7-16(15-18(20)27)21(22,23)24;;/h2-3,5-8,15H,4,9-14H2,1H3;2*1H/i13D2,14D2;;. The molecule has 2 aliphatic rings. The van der Waals surface area contributed by atoms with Crippen molar-refractivity contribution >= 4 is 48.0 Å². The Morgan fingerprint density at radius 1 is 0.967 bits per heavy atom. The number of anilines is 2. The molecule has 0 aromatic heterocycles. The molecule has 1 saturated heterocycles. The number of piperazine rings is 1. The number of alkyl halides is 3. The monoisotopic (exact) mass is 483 g/mol. The van der Waals surface area contributed by atoms with Crippen molar-refractivity contribution in [3.8, 4) is 0 Å². The fourth-order valence-corrected chi connectivity index (χ4v) is 4.39. The molecular formula is C21H26Cl2F3N3S. The Balaban J connectivity index is 0.00000204. The van der Waals surface area contributed by atoms with E-state index in [1.165, 1.54) is 22.7 Å². The summed E-state index contributed by atoms with van der Waals surface area (Å²) in [5, 5.41) is 0. The molecule has 0 aliphatic carbocycles. The van der Waals surface area contributed by atoms with Gasteiger partial charge in [0.1, 0.15) is 0 Å². The largest absolute Gasteiger partial charge is 0.416 e. The minimum atomic E-state index is -4.45. The molecule has 0 atom stereocenters. The quantitative estimate of drug-likeness (QED) is 0.543. The van der Waals surface area contributed by atoms with Crippen LogP contribution >= 0.6 is 36.6 Å². The Kier molecular flexibility index (Phi) is 6.82. The Bertz CT molecular complexity index is 995. The molecule has 0 N–H and O–H groups in total. The highest BCUT2D eigenvalue weighted by molar-refractivity contribution is 7.99. The Morgan fingerprint density at radius 3 is 2.33 bits per heavy atom. The number of para-hydroxylation sites is 1. The van der Waals surface area contributed by atoms with Crippen LogP contribution in [-0.2, 0) is 6.18 Å². The lowest BCUT2D eigenvalue weighted by atomic mass is 10.1. The third kappa shape index (κ3) is 5.56. The van der Waals surface area contributed by atoms with Crippen LogP contribution in [-0.4, -0.2) is 56.0 Å². The van der Waals surface area contributed by atoms with Crippen LogP contribution in [0.4, 0.5) is 24.5 Å². The average Bonchev–Trinajstić information content (AvgIpc) is 2.67. The summed E-state index contributed by atoms with van der Waals surface area (Å²) in [6, 6.07) is 11.2. The third-order valence-corrected chi connectivity index (χ3v) is 5.91. The summed E-state index contributed by atoms with van der Waals surface area (Å²) in [5.74, 6) is 0. The van der Waals surface area contributed by atoms with E-state index in [0.29, 0.717) is 18.7 Å². The van der Waals surface area contributed by atoms with E-state index in [1.54, 1.807) is 11.9 Å². The second-order valence-electron chi connectivity index (χ2n) is 6.90. The van der Waals surface area contributed by atoms with Crippen molar-refractivity contribution in [2.45, 2.75) is 22.4 Å². The highest BCUT2D eigenvalue weighted by Gasteiger charge is 2.33. The molecule has 2 aromatic rings. The lowest BCUT2D eigenvalue weighted by Gasteiger charge is -2.35. The van der Waals surface area contributed by atoms with Crippen molar-refractivity contribution in [2.24, 2.45) is 0 Å². The molecule has 9 heteroatoms. The molecule has 2 heterocycles. The van der Waals surface area contributed by atoms with Gasteiger partial charge >= 0.3 is 6.18 Å². The van der Waals surface area contributed by atoms with E-state index in [4.69, 9.17) is 5.48 Å². The van der Waals surface area contributed by atoms with Gasteiger partial charge in [-0.05, 0) is 50.3 Å². The number of hydrogen-bond acceptors (Lipinski definition) is 4. The van der Waals surface area contributed by atoms with Crippen molar-refractivity contribution in [3.63, 3.8) is 0 Å². The van der Waals surface area contributed by atoms with Crippen LogP contribution in [0, 0.1) is 0 Å². The molecule has 0 saturated carbocycles. The predicted octanol–water partition coefficient (Wildman–Crippen LogP) is 5.79.